The number of hydrogen-bond acceptors (Lipinski definition) is 4. The van der Waals surface area contributed by atoms with Gasteiger partial charge in [0.2, 0.25) is 0 Å². The minimum absolute atomic E-state index is 0.769. The van der Waals surface area contributed by atoms with Crippen LogP contribution >= 0.6 is 0 Å². The van der Waals surface area contributed by atoms with Crippen molar-refractivity contribution in [1.29, 1.82) is 0 Å². The lowest BCUT2D eigenvalue weighted by molar-refractivity contribution is 0.157. The van der Waals surface area contributed by atoms with E-state index in [1.54, 1.807) is 7.11 Å². The number of ether oxygens (including phenoxy) is 1. The summed E-state index contributed by atoms with van der Waals surface area (Å²) in [6.45, 7) is 8.65. The van der Waals surface area contributed by atoms with Crippen LogP contribution in [0.1, 0.15) is 17.5 Å². The smallest absolute Gasteiger partial charge is 0.0648 e. The van der Waals surface area contributed by atoms with Crippen LogP contribution in [0.15, 0.2) is 36.7 Å². The summed E-state index contributed by atoms with van der Waals surface area (Å²) in [6, 6.07) is 8.57. The molecule has 3 rings (SSSR count). The predicted octanol–water partition coefficient (Wildman–Crippen LogP) is 2.58. The molecule has 5 nitrogen and oxygen atoms in total. The maximum absolute atomic E-state index is 5.19. The highest BCUT2D eigenvalue weighted by molar-refractivity contribution is 5.39. The van der Waals surface area contributed by atoms with E-state index in [0.717, 1.165) is 37.8 Å². The van der Waals surface area contributed by atoms with Crippen LogP contribution in [0.4, 0.5) is 0 Å². The zero-order valence-corrected chi connectivity index (χ0v) is 15.7. The molecule has 2 heterocycles. The van der Waals surface area contributed by atoms with Crippen LogP contribution in [0.5, 0.6) is 0 Å². The molecule has 0 saturated carbocycles. The molecule has 1 aromatic heterocycles. The highest BCUT2D eigenvalue weighted by Gasteiger charge is 2.23. The summed E-state index contributed by atoms with van der Waals surface area (Å²) in [5.41, 5.74) is 3.85. The van der Waals surface area contributed by atoms with E-state index in [9.17, 15) is 0 Å². The fraction of sp³-hybridized carbons (Fsp3) is 0.550. The van der Waals surface area contributed by atoms with Gasteiger partial charge in [0.1, 0.15) is 0 Å². The van der Waals surface area contributed by atoms with Crippen LogP contribution in [0.2, 0.25) is 0 Å². The summed E-state index contributed by atoms with van der Waals surface area (Å²) in [5.74, 6) is 0.769. The molecule has 5 heteroatoms. The van der Waals surface area contributed by atoms with Gasteiger partial charge in [-0.2, -0.15) is 5.10 Å². The van der Waals surface area contributed by atoms with E-state index >= 15 is 0 Å². The van der Waals surface area contributed by atoms with Gasteiger partial charge < -0.3 is 14.5 Å². The highest BCUT2D eigenvalue weighted by atomic mass is 16.5. The average Bonchev–Trinajstić information content (AvgIpc) is 3.26. The monoisotopic (exact) mass is 342 g/mol. The second-order valence-electron chi connectivity index (χ2n) is 7.21. The minimum atomic E-state index is 0.769. The molecule has 0 amide bonds. The van der Waals surface area contributed by atoms with Crippen LogP contribution in [0, 0.1) is 12.8 Å². The third-order valence-electron chi connectivity index (χ3n) is 5.09. The van der Waals surface area contributed by atoms with Crippen LogP contribution < -0.4 is 0 Å². The largest absolute Gasteiger partial charge is 0.383 e. The van der Waals surface area contributed by atoms with Gasteiger partial charge in [0.05, 0.1) is 12.3 Å². The Hall–Kier alpha value is -1.69. The molecule has 1 aliphatic heterocycles. The number of methoxy groups -OCH3 is 1. The first-order chi connectivity index (χ1) is 12.2. The first-order valence-corrected chi connectivity index (χ1v) is 9.15. The Morgan fingerprint density at radius 1 is 1.36 bits per heavy atom. The van der Waals surface area contributed by atoms with Crippen molar-refractivity contribution in [1.82, 2.24) is 19.6 Å². The van der Waals surface area contributed by atoms with E-state index in [1.807, 2.05) is 23.1 Å². The molecule has 0 spiro atoms. The Bertz CT molecular complexity index is 656. The first-order valence-electron chi connectivity index (χ1n) is 9.15. The Morgan fingerprint density at radius 3 is 2.96 bits per heavy atom. The summed E-state index contributed by atoms with van der Waals surface area (Å²) in [4.78, 5) is 4.98. The molecule has 0 bridgehead atoms. The topological polar surface area (TPSA) is 33.5 Å². The molecule has 1 aromatic carbocycles. The molecule has 1 fully saturated rings. The molecule has 1 unspecified atom stereocenters. The van der Waals surface area contributed by atoms with E-state index in [1.165, 1.54) is 30.6 Å². The van der Waals surface area contributed by atoms with Gasteiger partial charge in [-0.1, -0.05) is 6.07 Å². The molecule has 0 aliphatic carbocycles. The Morgan fingerprint density at radius 2 is 2.24 bits per heavy atom. The Labute approximate surface area is 151 Å². The lowest BCUT2D eigenvalue weighted by Crippen LogP contribution is -2.29. The normalized spacial score (nSPS) is 18.3. The van der Waals surface area contributed by atoms with Gasteiger partial charge in [0, 0.05) is 45.7 Å². The molecule has 0 N–H and O–H groups in total. The van der Waals surface area contributed by atoms with Crippen LogP contribution in [-0.4, -0.2) is 66.5 Å². The maximum atomic E-state index is 5.19. The molecule has 1 saturated heterocycles. The van der Waals surface area contributed by atoms with E-state index < -0.39 is 0 Å². The van der Waals surface area contributed by atoms with Crippen molar-refractivity contribution in [2.24, 2.45) is 5.92 Å². The molecule has 2 aromatic rings. The fourth-order valence-electron chi connectivity index (χ4n) is 3.70. The quantitative estimate of drug-likeness (QED) is 0.738. The second kappa shape index (κ2) is 8.61. The summed E-state index contributed by atoms with van der Waals surface area (Å²) in [5, 5.41) is 4.31. The zero-order chi connectivity index (χ0) is 17.6. The van der Waals surface area contributed by atoms with E-state index in [4.69, 9.17) is 4.74 Å². The van der Waals surface area contributed by atoms with E-state index in [0.29, 0.717) is 0 Å². The summed E-state index contributed by atoms with van der Waals surface area (Å²) in [6.07, 6.45) is 5.09. The van der Waals surface area contributed by atoms with Crippen molar-refractivity contribution >= 4 is 0 Å². The van der Waals surface area contributed by atoms with Gasteiger partial charge in [-0.3, -0.25) is 0 Å². The number of aryl methyl sites for hydroxylation is 1. The Kier molecular flexibility index (Phi) is 6.24. The molecule has 25 heavy (non-hydrogen) atoms. The standard InChI is InChI=1S/C20H30N4O/c1-17-13-20(24-9-4-8-21-24)6-5-19(17)16-22(2)14-18-7-10-23(15-18)11-12-25-3/h4-6,8-9,13,18H,7,10-12,14-16H2,1-3H3. The molecular formula is C20H30N4O. The van der Waals surface area contributed by atoms with Crippen LogP contribution in [-0.2, 0) is 11.3 Å². The van der Waals surface area contributed by atoms with Crippen LogP contribution in [0.3, 0.4) is 0 Å². The fourth-order valence-corrected chi connectivity index (χ4v) is 3.70. The number of likely N-dealkylation sites (tertiary alicyclic amines) is 1. The second-order valence-corrected chi connectivity index (χ2v) is 7.21. The summed E-state index contributed by atoms with van der Waals surface area (Å²) in [7, 11) is 4.01. The summed E-state index contributed by atoms with van der Waals surface area (Å²) >= 11 is 0. The Balaban J connectivity index is 1.52. The lowest BCUT2D eigenvalue weighted by Gasteiger charge is -2.22. The predicted molar refractivity (Wildman–Crippen MR) is 101 cm³/mol. The third kappa shape index (κ3) is 4.91. The summed E-state index contributed by atoms with van der Waals surface area (Å²) < 4.78 is 7.10. The minimum Gasteiger partial charge on any atom is -0.383 e. The average molecular weight is 342 g/mol. The van der Waals surface area contributed by atoms with Crippen molar-refractivity contribution < 1.29 is 4.74 Å². The van der Waals surface area contributed by atoms with Gasteiger partial charge >= 0.3 is 0 Å². The SMILES string of the molecule is COCCN1CCC(CN(C)Cc2ccc(-n3cccn3)cc2C)C1. The number of nitrogens with zero attached hydrogens (tertiary/aromatic N) is 4. The lowest BCUT2D eigenvalue weighted by atomic mass is 10.1. The van der Waals surface area contributed by atoms with Crippen molar-refractivity contribution in [3.05, 3.63) is 47.8 Å². The third-order valence-corrected chi connectivity index (χ3v) is 5.09. The highest BCUT2D eigenvalue weighted by Crippen LogP contribution is 2.19. The first kappa shape index (κ1) is 18.1. The number of benzene rings is 1. The van der Waals surface area contributed by atoms with Crippen molar-refractivity contribution in [3.63, 3.8) is 0 Å². The molecule has 1 aliphatic rings. The van der Waals surface area contributed by atoms with Gasteiger partial charge in [0.15, 0.2) is 0 Å². The zero-order valence-electron chi connectivity index (χ0n) is 15.7. The van der Waals surface area contributed by atoms with Gasteiger partial charge in [-0.15, -0.1) is 0 Å². The van der Waals surface area contributed by atoms with Crippen molar-refractivity contribution in [3.8, 4) is 5.69 Å². The molecule has 0 radical (unpaired) electrons. The molecule has 1 atom stereocenters. The maximum Gasteiger partial charge on any atom is 0.0648 e. The van der Waals surface area contributed by atoms with Gasteiger partial charge in [-0.05, 0) is 62.2 Å². The number of rotatable bonds is 8. The van der Waals surface area contributed by atoms with E-state index in [-0.39, 0.29) is 0 Å². The number of aromatic nitrogens is 2. The van der Waals surface area contributed by atoms with Crippen LogP contribution in [0.25, 0.3) is 5.69 Å². The number of hydrogen-bond donors (Lipinski definition) is 0. The molecular weight excluding hydrogens is 312 g/mol. The van der Waals surface area contributed by atoms with Crippen molar-refractivity contribution in [2.45, 2.75) is 19.9 Å². The van der Waals surface area contributed by atoms with Gasteiger partial charge in [0.25, 0.3) is 0 Å². The van der Waals surface area contributed by atoms with E-state index in [2.05, 4.69) is 47.1 Å². The van der Waals surface area contributed by atoms with Gasteiger partial charge in [-0.25, -0.2) is 4.68 Å². The van der Waals surface area contributed by atoms with Crippen molar-refractivity contribution in [2.75, 3.05) is 46.9 Å². The molecule has 136 valence electrons.